The number of nitrogens with zero attached hydrogens (tertiary/aromatic N) is 1. The van der Waals surface area contributed by atoms with Crippen molar-refractivity contribution in [1.29, 1.82) is 0 Å². The van der Waals surface area contributed by atoms with E-state index in [1.54, 1.807) is 0 Å². The van der Waals surface area contributed by atoms with Gasteiger partial charge in [-0.05, 0) is 23.6 Å². The SMILES string of the molecule is O=c1[nH]c2cccc3c2n1C(Cc1ccccc1)[C@H](Br)[C]3. The molecular weight excluding hydrogens is 328 g/mol. The highest BCUT2D eigenvalue weighted by molar-refractivity contribution is 9.09. The lowest BCUT2D eigenvalue weighted by molar-refractivity contribution is 0.498. The second-order valence-corrected chi connectivity index (χ2v) is 6.29. The van der Waals surface area contributed by atoms with E-state index in [-0.39, 0.29) is 16.6 Å². The third-order valence-electron chi connectivity index (χ3n) is 3.99. The number of hydrogen-bond acceptors (Lipinski definition) is 1. The standard InChI is InChI=1S/C17H13BrN2O/c18-13-10-12-7-4-8-14-16(12)20(17(21)19-14)15(13)9-11-5-2-1-3-6-11/h1-8,13,15H,9H2,(H,19,21)/t13-,15?/m1/s1. The molecule has 0 aliphatic carbocycles. The summed E-state index contributed by atoms with van der Waals surface area (Å²) < 4.78 is 1.87. The van der Waals surface area contributed by atoms with Gasteiger partial charge in [0.05, 0.1) is 17.1 Å². The average Bonchev–Trinajstić information content (AvgIpc) is 2.82. The fourth-order valence-electron chi connectivity index (χ4n) is 3.04. The first kappa shape index (κ1) is 12.9. The maximum Gasteiger partial charge on any atom is 0.326 e. The van der Waals surface area contributed by atoms with Crippen LogP contribution in [0.1, 0.15) is 17.2 Å². The first-order valence-electron chi connectivity index (χ1n) is 6.92. The maximum atomic E-state index is 12.4. The van der Waals surface area contributed by atoms with Crippen LogP contribution < -0.4 is 5.69 Å². The van der Waals surface area contributed by atoms with E-state index in [2.05, 4.69) is 39.5 Å². The third kappa shape index (κ3) is 2.05. The van der Waals surface area contributed by atoms with Gasteiger partial charge < -0.3 is 4.98 Å². The highest BCUT2D eigenvalue weighted by Crippen LogP contribution is 2.36. The number of alkyl halides is 1. The van der Waals surface area contributed by atoms with E-state index in [0.717, 1.165) is 23.0 Å². The van der Waals surface area contributed by atoms with Crippen LogP contribution in [0.4, 0.5) is 0 Å². The van der Waals surface area contributed by atoms with Gasteiger partial charge >= 0.3 is 5.69 Å². The molecule has 1 aromatic heterocycles. The van der Waals surface area contributed by atoms with Crippen molar-refractivity contribution in [3.8, 4) is 0 Å². The highest BCUT2D eigenvalue weighted by Gasteiger charge is 2.31. The van der Waals surface area contributed by atoms with Crippen LogP contribution in [-0.4, -0.2) is 14.4 Å². The minimum atomic E-state index is -0.0515. The number of benzene rings is 2. The van der Waals surface area contributed by atoms with Crippen molar-refractivity contribution in [2.75, 3.05) is 0 Å². The molecule has 2 heterocycles. The largest absolute Gasteiger partial charge is 0.326 e. The molecule has 4 rings (SSSR count). The predicted octanol–water partition coefficient (Wildman–Crippen LogP) is 3.32. The van der Waals surface area contributed by atoms with E-state index in [0.29, 0.717) is 0 Å². The zero-order valence-corrected chi connectivity index (χ0v) is 12.8. The van der Waals surface area contributed by atoms with Crippen molar-refractivity contribution in [3.63, 3.8) is 0 Å². The molecule has 104 valence electrons. The van der Waals surface area contributed by atoms with Crippen LogP contribution in [0.25, 0.3) is 11.0 Å². The summed E-state index contributed by atoms with van der Waals surface area (Å²) in [6, 6.07) is 16.2. The minimum Gasteiger partial charge on any atom is -0.306 e. The number of aromatic amines is 1. The van der Waals surface area contributed by atoms with Crippen molar-refractivity contribution in [2.45, 2.75) is 17.3 Å². The Morgan fingerprint density at radius 1 is 1.14 bits per heavy atom. The molecule has 0 amide bonds. The fourth-order valence-corrected chi connectivity index (χ4v) is 3.71. The zero-order valence-electron chi connectivity index (χ0n) is 11.2. The number of hydrogen-bond donors (Lipinski definition) is 1. The number of nitrogens with one attached hydrogen (secondary N) is 1. The van der Waals surface area contributed by atoms with Gasteiger partial charge in [0.15, 0.2) is 0 Å². The van der Waals surface area contributed by atoms with Gasteiger partial charge in [-0.2, -0.15) is 0 Å². The van der Waals surface area contributed by atoms with Gasteiger partial charge in [0.1, 0.15) is 0 Å². The predicted molar refractivity (Wildman–Crippen MR) is 86.8 cm³/mol. The zero-order chi connectivity index (χ0) is 14.4. The van der Waals surface area contributed by atoms with E-state index in [1.165, 1.54) is 5.56 Å². The van der Waals surface area contributed by atoms with Gasteiger partial charge in [-0.15, -0.1) is 0 Å². The van der Waals surface area contributed by atoms with E-state index < -0.39 is 0 Å². The molecule has 2 atom stereocenters. The summed E-state index contributed by atoms with van der Waals surface area (Å²) in [5, 5.41) is 0. The first-order chi connectivity index (χ1) is 10.2. The second-order valence-electron chi connectivity index (χ2n) is 5.31. The maximum absolute atomic E-state index is 12.4. The topological polar surface area (TPSA) is 37.8 Å². The van der Waals surface area contributed by atoms with E-state index in [9.17, 15) is 4.79 Å². The molecule has 1 unspecified atom stereocenters. The van der Waals surface area contributed by atoms with Crippen LogP contribution in [0.3, 0.4) is 0 Å². The lowest BCUT2D eigenvalue weighted by atomic mass is 9.94. The molecule has 4 heteroatoms. The van der Waals surface area contributed by atoms with Crippen molar-refractivity contribution in [1.82, 2.24) is 9.55 Å². The number of para-hydroxylation sites is 1. The molecule has 0 bridgehead atoms. The monoisotopic (exact) mass is 340 g/mol. The van der Waals surface area contributed by atoms with E-state index in [4.69, 9.17) is 0 Å². The van der Waals surface area contributed by atoms with Crippen LogP contribution in [0.2, 0.25) is 0 Å². The van der Waals surface area contributed by atoms with Gasteiger partial charge in [-0.1, -0.05) is 58.4 Å². The Hall–Kier alpha value is -1.81. The van der Waals surface area contributed by atoms with Gasteiger partial charge in [0, 0.05) is 11.2 Å². The molecule has 0 saturated heterocycles. The molecule has 1 aliphatic heterocycles. The Balaban J connectivity index is 1.87. The molecular formula is C17H13BrN2O. The normalized spacial score (nSPS) is 20.8. The van der Waals surface area contributed by atoms with Crippen molar-refractivity contribution < 1.29 is 0 Å². The molecule has 2 radical (unpaired) electrons. The van der Waals surface area contributed by atoms with E-state index >= 15 is 0 Å². The summed E-state index contributed by atoms with van der Waals surface area (Å²) in [6.07, 6.45) is 4.24. The number of aromatic nitrogens is 2. The molecule has 1 aliphatic rings. The quantitative estimate of drug-likeness (QED) is 0.714. The van der Waals surface area contributed by atoms with Crippen LogP contribution in [0.5, 0.6) is 0 Å². The minimum absolute atomic E-state index is 0.0179. The smallest absolute Gasteiger partial charge is 0.306 e. The molecule has 3 nitrogen and oxygen atoms in total. The van der Waals surface area contributed by atoms with Crippen molar-refractivity contribution in [2.24, 2.45) is 0 Å². The summed E-state index contributed by atoms with van der Waals surface area (Å²) >= 11 is 3.68. The number of H-pyrrole nitrogens is 1. The Morgan fingerprint density at radius 3 is 2.76 bits per heavy atom. The molecule has 1 N–H and O–H groups in total. The lowest BCUT2D eigenvalue weighted by Crippen LogP contribution is -2.33. The third-order valence-corrected chi connectivity index (χ3v) is 4.83. The van der Waals surface area contributed by atoms with Crippen LogP contribution in [-0.2, 0) is 6.42 Å². The summed E-state index contributed by atoms with van der Waals surface area (Å²) in [5.41, 5.74) is 3.98. The Labute approximate surface area is 130 Å². The first-order valence-corrected chi connectivity index (χ1v) is 7.83. The molecule has 3 aromatic rings. The molecule has 21 heavy (non-hydrogen) atoms. The van der Waals surface area contributed by atoms with Gasteiger partial charge in [-0.25, -0.2) is 4.79 Å². The van der Waals surface area contributed by atoms with Crippen LogP contribution >= 0.6 is 15.9 Å². The second kappa shape index (κ2) is 4.88. The number of imidazole rings is 1. The molecule has 0 saturated carbocycles. The Bertz CT molecular complexity index is 850. The lowest BCUT2D eigenvalue weighted by Gasteiger charge is -2.29. The van der Waals surface area contributed by atoms with Gasteiger partial charge in [-0.3, -0.25) is 4.57 Å². The summed E-state index contributed by atoms with van der Waals surface area (Å²) in [6.45, 7) is 0. The summed E-state index contributed by atoms with van der Waals surface area (Å²) in [4.78, 5) is 15.3. The molecule has 0 fully saturated rings. The number of halogens is 1. The van der Waals surface area contributed by atoms with Gasteiger partial charge in [0.2, 0.25) is 0 Å². The molecule has 0 spiro atoms. The number of rotatable bonds is 2. The van der Waals surface area contributed by atoms with Crippen molar-refractivity contribution >= 4 is 27.0 Å². The molecule has 2 aromatic carbocycles. The van der Waals surface area contributed by atoms with Crippen LogP contribution in [0.15, 0.2) is 53.3 Å². The van der Waals surface area contributed by atoms with Crippen LogP contribution in [0, 0.1) is 6.42 Å². The fraction of sp³-hybridized carbons (Fsp3) is 0.176. The average molecular weight is 341 g/mol. The Morgan fingerprint density at radius 2 is 1.95 bits per heavy atom. The summed E-state index contributed by atoms with van der Waals surface area (Å²) in [5.74, 6) is 0. The summed E-state index contributed by atoms with van der Waals surface area (Å²) in [7, 11) is 0. The van der Waals surface area contributed by atoms with E-state index in [1.807, 2.05) is 41.0 Å². The Kier molecular flexibility index (Phi) is 3.00. The van der Waals surface area contributed by atoms with Gasteiger partial charge in [0.25, 0.3) is 0 Å². The highest BCUT2D eigenvalue weighted by atomic mass is 79.9. The van der Waals surface area contributed by atoms with Crippen molar-refractivity contribution in [3.05, 3.63) is 76.6 Å².